The molecule has 1 unspecified atom stereocenters. The first kappa shape index (κ1) is 34.6. The Morgan fingerprint density at radius 1 is 1.17 bits per heavy atom. The summed E-state index contributed by atoms with van der Waals surface area (Å²) in [5.74, 6) is -0.330. The Kier molecular flexibility index (Phi) is 10.4. The number of imidazole rings is 1. The third-order valence-corrected chi connectivity index (χ3v) is 17.3. The minimum absolute atomic E-state index is 0.0477. The number of nitrogens with two attached hydrogens (primary N) is 1. The summed E-state index contributed by atoms with van der Waals surface area (Å²) in [6, 6.07) is 0. The second-order valence-electron chi connectivity index (χ2n) is 11.7. The second kappa shape index (κ2) is 12.6. The number of hydrogen-bond donors (Lipinski definition) is 3. The molecule has 13 nitrogen and oxygen atoms in total. The van der Waals surface area contributed by atoms with Crippen LogP contribution in [-0.2, 0) is 27.6 Å². The Morgan fingerprint density at radius 3 is 2.24 bits per heavy atom. The second-order valence-corrected chi connectivity index (χ2v) is 21.8. The van der Waals surface area contributed by atoms with E-state index in [4.69, 9.17) is 19.0 Å². The van der Waals surface area contributed by atoms with E-state index in [1.54, 1.807) is 0 Å². The SMILES string of the molecule is CC(C)[SiH](O[Si](OC[C@H]1O[C@@H](n2cnc3c(=O)[nH]c(N)nc32)[C@@H](OS(=O)(=O)C(F)(F)F)C1O)(C(C)C)C(C)C)C(C)C. The first-order valence-corrected chi connectivity index (χ1v) is 18.8. The zero-order valence-corrected chi connectivity index (χ0v) is 27.7. The van der Waals surface area contributed by atoms with E-state index >= 15 is 0 Å². The van der Waals surface area contributed by atoms with Crippen molar-refractivity contribution in [1.82, 2.24) is 19.5 Å². The van der Waals surface area contributed by atoms with Crippen molar-refractivity contribution in [2.45, 2.75) is 108 Å². The monoisotopic (exact) mass is 659 g/mol. The molecule has 0 saturated carbocycles. The average Bonchev–Trinajstić information content (AvgIpc) is 3.38. The Labute approximate surface area is 245 Å². The molecule has 0 spiro atoms. The van der Waals surface area contributed by atoms with Crippen LogP contribution < -0.4 is 11.3 Å². The number of anilines is 1. The quantitative estimate of drug-likeness (QED) is 0.173. The van der Waals surface area contributed by atoms with Gasteiger partial charge in [0.1, 0.15) is 12.2 Å². The number of aromatic amines is 1. The molecule has 0 aromatic carbocycles. The number of aromatic nitrogens is 4. The predicted octanol–water partition coefficient (Wildman–Crippen LogP) is 3.03. The molecule has 0 aliphatic carbocycles. The van der Waals surface area contributed by atoms with E-state index in [2.05, 4.69) is 46.8 Å². The van der Waals surface area contributed by atoms with Gasteiger partial charge in [-0.2, -0.15) is 26.6 Å². The summed E-state index contributed by atoms with van der Waals surface area (Å²) in [6.07, 6.45) is -6.04. The highest BCUT2D eigenvalue weighted by Gasteiger charge is 2.56. The van der Waals surface area contributed by atoms with Gasteiger partial charge in [0.15, 0.2) is 32.5 Å². The van der Waals surface area contributed by atoms with E-state index in [-0.39, 0.29) is 34.8 Å². The summed E-state index contributed by atoms with van der Waals surface area (Å²) in [6.45, 7) is 15.9. The van der Waals surface area contributed by atoms with Crippen molar-refractivity contribution in [3.05, 3.63) is 16.7 Å². The number of rotatable bonds is 12. The molecular formula is C23H40F3N5O8SSi2. The summed E-state index contributed by atoms with van der Waals surface area (Å²) in [5.41, 5.74) is -0.856. The van der Waals surface area contributed by atoms with Crippen molar-refractivity contribution in [2.75, 3.05) is 12.3 Å². The molecule has 4 N–H and O–H groups in total. The highest BCUT2D eigenvalue weighted by atomic mass is 32.2. The van der Waals surface area contributed by atoms with Crippen molar-refractivity contribution < 1.29 is 44.2 Å². The van der Waals surface area contributed by atoms with Crippen LogP contribution in [0.1, 0.15) is 61.6 Å². The summed E-state index contributed by atoms with van der Waals surface area (Å²) in [4.78, 5) is 22.4. The number of nitrogen functional groups attached to an aromatic ring is 1. The van der Waals surface area contributed by atoms with Crippen LogP contribution in [0.2, 0.25) is 22.2 Å². The van der Waals surface area contributed by atoms with Crippen LogP contribution in [0.25, 0.3) is 11.2 Å². The highest BCUT2D eigenvalue weighted by molar-refractivity contribution is 7.87. The Bertz CT molecular complexity index is 1390. The molecule has 1 aliphatic rings. The molecule has 0 amide bonds. The van der Waals surface area contributed by atoms with E-state index in [0.717, 1.165) is 10.9 Å². The van der Waals surface area contributed by atoms with Gasteiger partial charge in [-0.15, -0.1) is 0 Å². The highest BCUT2D eigenvalue weighted by Crippen LogP contribution is 2.41. The summed E-state index contributed by atoms with van der Waals surface area (Å²) < 4.78 is 88.8. The van der Waals surface area contributed by atoms with Crippen molar-refractivity contribution in [1.29, 1.82) is 0 Å². The lowest BCUT2D eigenvalue weighted by molar-refractivity contribution is -0.0698. The van der Waals surface area contributed by atoms with Gasteiger partial charge < -0.3 is 24.1 Å². The zero-order valence-electron chi connectivity index (χ0n) is 24.7. The maximum atomic E-state index is 13.3. The van der Waals surface area contributed by atoms with Crippen molar-refractivity contribution in [2.24, 2.45) is 0 Å². The molecule has 240 valence electrons. The average molecular weight is 660 g/mol. The molecule has 0 bridgehead atoms. The molecular weight excluding hydrogens is 620 g/mol. The van der Waals surface area contributed by atoms with Crippen molar-refractivity contribution in [3.63, 3.8) is 0 Å². The molecule has 2 aromatic heterocycles. The van der Waals surface area contributed by atoms with Gasteiger partial charge >= 0.3 is 24.2 Å². The maximum Gasteiger partial charge on any atom is 0.523 e. The number of fused-ring (bicyclic) bond motifs is 1. The molecule has 19 heteroatoms. The van der Waals surface area contributed by atoms with E-state index in [1.807, 2.05) is 27.7 Å². The smallest absolute Gasteiger partial charge is 0.437 e. The normalized spacial score (nSPS) is 22.6. The summed E-state index contributed by atoms with van der Waals surface area (Å²) in [5, 5.41) is 11.1. The van der Waals surface area contributed by atoms with Gasteiger partial charge in [0, 0.05) is 0 Å². The van der Waals surface area contributed by atoms with Gasteiger partial charge in [0.05, 0.1) is 12.9 Å². The number of halogens is 3. The Morgan fingerprint density at radius 2 is 1.74 bits per heavy atom. The zero-order chi connectivity index (χ0) is 31.9. The van der Waals surface area contributed by atoms with Crippen LogP contribution in [0.4, 0.5) is 19.1 Å². The van der Waals surface area contributed by atoms with E-state index in [9.17, 15) is 31.5 Å². The lowest BCUT2D eigenvalue weighted by Gasteiger charge is -2.43. The molecule has 3 rings (SSSR count). The van der Waals surface area contributed by atoms with Gasteiger partial charge in [-0.05, 0) is 22.2 Å². The fourth-order valence-corrected chi connectivity index (χ4v) is 16.2. The number of ether oxygens (including phenoxy) is 1. The van der Waals surface area contributed by atoms with Crippen LogP contribution >= 0.6 is 0 Å². The minimum atomic E-state index is -6.17. The third kappa shape index (κ3) is 6.77. The Balaban J connectivity index is 2.03. The molecule has 1 fully saturated rings. The van der Waals surface area contributed by atoms with Gasteiger partial charge in [-0.1, -0.05) is 55.4 Å². The maximum absolute atomic E-state index is 13.3. The van der Waals surface area contributed by atoms with E-state index < -0.39 is 63.3 Å². The van der Waals surface area contributed by atoms with Crippen molar-refractivity contribution >= 4 is 44.8 Å². The topological polar surface area (TPSA) is 181 Å². The molecule has 1 saturated heterocycles. The molecule has 3 heterocycles. The van der Waals surface area contributed by atoms with Gasteiger partial charge in [-0.25, -0.2) is 4.98 Å². The molecule has 0 radical (unpaired) electrons. The first-order chi connectivity index (χ1) is 19.2. The third-order valence-electron chi connectivity index (χ3n) is 7.28. The summed E-state index contributed by atoms with van der Waals surface area (Å²) in [7, 11) is -11.0. The van der Waals surface area contributed by atoms with E-state index in [0.29, 0.717) is 11.1 Å². The number of aliphatic hydroxyl groups excluding tert-OH is 1. The standard InChI is InChI=1S/C23H40F3N5O8SSi2/c1-11(2)41(12(3)4)39-42(13(5)6,14(7)8)36-9-15-17(32)18(38-40(34,35)23(24,25)26)21(37-15)31-10-28-16-19(31)29-22(27)30-20(16)33/h10-15,17-18,21,32,41H,9H2,1-8H3,(H3,27,29,30,33)/t15-,17?,18+,21-/m1/s1. The van der Waals surface area contributed by atoms with Crippen LogP contribution in [0.15, 0.2) is 11.1 Å². The summed E-state index contributed by atoms with van der Waals surface area (Å²) >= 11 is 0. The largest absolute Gasteiger partial charge is 0.523 e. The minimum Gasteiger partial charge on any atom is -0.437 e. The fourth-order valence-electron chi connectivity index (χ4n) is 5.29. The van der Waals surface area contributed by atoms with Crippen LogP contribution in [0.3, 0.4) is 0 Å². The van der Waals surface area contributed by atoms with Crippen molar-refractivity contribution in [3.8, 4) is 0 Å². The number of hydrogen-bond acceptors (Lipinski definition) is 11. The van der Waals surface area contributed by atoms with Crippen LogP contribution in [0, 0.1) is 0 Å². The van der Waals surface area contributed by atoms with Gasteiger partial charge in [-0.3, -0.25) is 18.5 Å². The number of nitrogens with one attached hydrogen (secondary N) is 1. The molecule has 1 aliphatic heterocycles. The van der Waals surface area contributed by atoms with Crippen LogP contribution in [0.5, 0.6) is 0 Å². The van der Waals surface area contributed by atoms with Crippen LogP contribution in [-0.4, -0.2) is 81.1 Å². The number of nitrogens with zero attached hydrogens (tertiary/aromatic N) is 3. The predicted molar refractivity (Wildman–Crippen MR) is 153 cm³/mol. The molecule has 2 aromatic rings. The molecule has 42 heavy (non-hydrogen) atoms. The molecule has 4 atom stereocenters. The Hall–Kier alpha value is -1.88. The fraction of sp³-hybridized carbons (Fsp3) is 0.783. The number of aliphatic hydroxyl groups is 1. The lowest BCUT2D eigenvalue weighted by atomic mass is 10.1. The van der Waals surface area contributed by atoms with Gasteiger partial charge in [0.25, 0.3) is 5.56 Å². The van der Waals surface area contributed by atoms with E-state index in [1.165, 1.54) is 0 Å². The lowest BCUT2D eigenvalue weighted by Crippen LogP contribution is -2.54. The number of alkyl halides is 3. The number of H-pyrrole nitrogens is 1. The first-order valence-electron chi connectivity index (χ1n) is 13.6. The van der Waals surface area contributed by atoms with Gasteiger partial charge in [0.2, 0.25) is 5.95 Å².